The van der Waals surface area contributed by atoms with Crippen LogP contribution in [0.1, 0.15) is 45.2 Å². The number of halogens is 1. The van der Waals surface area contributed by atoms with E-state index in [1.54, 1.807) is 7.11 Å². The third-order valence-electron chi connectivity index (χ3n) is 3.74. The fraction of sp³-hybridized carbons (Fsp3) is 0.600. The van der Waals surface area contributed by atoms with Crippen LogP contribution in [0.4, 0.5) is 0 Å². The predicted octanol–water partition coefficient (Wildman–Crippen LogP) is 3.81. The van der Waals surface area contributed by atoms with Crippen molar-refractivity contribution in [3.05, 3.63) is 28.2 Å². The summed E-state index contributed by atoms with van der Waals surface area (Å²) in [5.74, 6) is 0.877. The molecule has 0 amide bonds. The Labute approximate surface area is 123 Å². The van der Waals surface area contributed by atoms with E-state index in [1.807, 2.05) is 18.2 Å². The quantitative estimate of drug-likeness (QED) is 0.918. The molecule has 4 heteroatoms. The second-order valence-electron chi connectivity index (χ2n) is 6.19. The van der Waals surface area contributed by atoms with Gasteiger partial charge in [0.05, 0.1) is 5.60 Å². The molecule has 106 valence electrons. The first kappa shape index (κ1) is 14.8. The predicted molar refractivity (Wildman–Crippen MR) is 80.4 cm³/mol. The van der Waals surface area contributed by atoms with Crippen molar-refractivity contribution >= 4 is 15.9 Å². The molecule has 1 aliphatic heterocycles. The Morgan fingerprint density at radius 1 is 1.53 bits per heavy atom. The molecule has 0 spiro atoms. The lowest BCUT2D eigenvalue weighted by molar-refractivity contribution is -0.0580. The number of methoxy groups -OCH3 is 1. The number of fused-ring (bicyclic) bond motifs is 1. The van der Waals surface area contributed by atoms with Crippen molar-refractivity contribution in [3.8, 4) is 5.75 Å². The minimum absolute atomic E-state index is 0.00880. The lowest BCUT2D eigenvalue weighted by Gasteiger charge is -2.42. The van der Waals surface area contributed by atoms with Crippen molar-refractivity contribution in [1.82, 2.24) is 0 Å². The van der Waals surface area contributed by atoms with Crippen LogP contribution in [0.2, 0.25) is 0 Å². The van der Waals surface area contributed by atoms with E-state index in [0.29, 0.717) is 0 Å². The number of ether oxygens (including phenoxy) is 2. The molecule has 0 radical (unpaired) electrons. The average molecular weight is 328 g/mol. The average Bonchev–Trinajstić information content (AvgIpc) is 2.26. The summed E-state index contributed by atoms with van der Waals surface area (Å²) in [5.41, 5.74) is 6.85. The molecule has 2 atom stereocenters. The largest absolute Gasteiger partial charge is 0.487 e. The van der Waals surface area contributed by atoms with Crippen molar-refractivity contribution in [2.45, 2.75) is 50.9 Å². The molecule has 1 unspecified atom stereocenters. The van der Waals surface area contributed by atoms with Gasteiger partial charge in [0.1, 0.15) is 11.4 Å². The number of rotatable bonds is 3. The van der Waals surface area contributed by atoms with E-state index < -0.39 is 0 Å². The zero-order valence-corrected chi connectivity index (χ0v) is 13.6. The summed E-state index contributed by atoms with van der Waals surface area (Å²) in [6.07, 6.45) is 1.60. The van der Waals surface area contributed by atoms with Crippen LogP contribution in [0.3, 0.4) is 0 Å². The molecule has 0 fully saturated rings. The number of hydrogen-bond donors (Lipinski definition) is 1. The van der Waals surface area contributed by atoms with E-state index in [1.165, 1.54) is 0 Å². The van der Waals surface area contributed by atoms with Crippen LogP contribution < -0.4 is 10.5 Å². The molecule has 19 heavy (non-hydrogen) atoms. The molecule has 0 bridgehead atoms. The van der Waals surface area contributed by atoms with Gasteiger partial charge in [-0.15, -0.1) is 0 Å². The van der Waals surface area contributed by atoms with E-state index in [9.17, 15) is 0 Å². The van der Waals surface area contributed by atoms with Gasteiger partial charge < -0.3 is 15.2 Å². The Kier molecular flexibility index (Phi) is 3.96. The van der Waals surface area contributed by atoms with Gasteiger partial charge in [0.2, 0.25) is 0 Å². The van der Waals surface area contributed by atoms with Gasteiger partial charge in [-0.05, 0) is 32.9 Å². The SMILES string of the molecule is COC(C)(C)CC1(C)C[C@@H](N)c2ccc(Br)cc2O1. The van der Waals surface area contributed by atoms with Gasteiger partial charge in [-0.25, -0.2) is 0 Å². The Hall–Kier alpha value is -0.580. The number of benzene rings is 1. The minimum Gasteiger partial charge on any atom is -0.487 e. The van der Waals surface area contributed by atoms with E-state index in [2.05, 4.69) is 36.7 Å². The topological polar surface area (TPSA) is 44.5 Å². The van der Waals surface area contributed by atoms with Crippen LogP contribution in [-0.4, -0.2) is 18.3 Å². The smallest absolute Gasteiger partial charge is 0.126 e. The van der Waals surface area contributed by atoms with Gasteiger partial charge in [-0.1, -0.05) is 22.0 Å². The maximum absolute atomic E-state index is 6.30. The molecule has 2 rings (SSSR count). The monoisotopic (exact) mass is 327 g/mol. The fourth-order valence-corrected chi connectivity index (χ4v) is 3.21. The molecule has 2 N–H and O–H groups in total. The van der Waals surface area contributed by atoms with Crippen molar-refractivity contribution in [2.24, 2.45) is 5.73 Å². The van der Waals surface area contributed by atoms with Crippen LogP contribution in [0.5, 0.6) is 5.75 Å². The second-order valence-corrected chi connectivity index (χ2v) is 7.10. The summed E-state index contributed by atoms with van der Waals surface area (Å²) in [6, 6.07) is 6.04. The zero-order chi connectivity index (χ0) is 14.3. The Morgan fingerprint density at radius 3 is 2.84 bits per heavy atom. The van der Waals surface area contributed by atoms with Gasteiger partial charge in [0, 0.05) is 36.0 Å². The van der Waals surface area contributed by atoms with Crippen LogP contribution >= 0.6 is 15.9 Å². The highest BCUT2D eigenvalue weighted by atomic mass is 79.9. The summed E-state index contributed by atoms with van der Waals surface area (Å²) in [6.45, 7) is 6.25. The van der Waals surface area contributed by atoms with Gasteiger partial charge in [-0.3, -0.25) is 0 Å². The van der Waals surface area contributed by atoms with E-state index in [4.69, 9.17) is 15.2 Å². The number of hydrogen-bond acceptors (Lipinski definition) is 3. The minimum atomic E-state index is -0.299. The van der Waals surface area contributed by atoms with Gasteiger partial charge in [0.25, 0.3) is 0 Å². The Balaban J connectivity index is 2.28. The molecule has 0 aromatic heterocycles. The molecule has 1 aromatic rings. The molecular formula is C15H22BrNO2. The van der Waals surface area contributed by atoms with Crippen molar-refractivity contribution in [2.75, 3.05) is 7.11 Å². The van der Waals surface area contributed by atoms with Gasteiger partial charge >= 0.3 is 0 Å². The van der Waals surface area contributed by atoms with Crippen LogP contribution in [0.15, 0.2) is 22.7 Å². The van der Waals surface area contributed by atoms with Crippen LogP contribution in [0.25, 0.3) is 0 Å². The third-order valence-corrected chi connectivity index (χ3v) is 4.23. The molecular weight excluding hydrogens is 306 g/mol. The Morgan fingerprint density at radius 2 is 2.21 bits per heavy atom. The molecule has 1 heterocycles. The van der Waals surface area contributed by atoms with E-state index in [0.717, 1.165) is 28.6 Å². The number of nitrogens with two attached hydrogens (primary N) is 1. The summed E-state index contributed by atoms with van der Waals surface area (Å²) in [5, 5.41) is 0. The summed E-state index contributed by atoms with van der Waals surface area (Å²) >= 11 is 3.48. The van der Waals surface area contributed by atoms with Crippen molar-refractivity contribution < 1.29 is 9.47 Å². The fourth-order valence-electron chi connectivity index (χ4n) is 2.87. The highest BCUT2D eigenvalue weighted by molar-refractivity contribution is 9.10. The molecule has 0 saturated heterocycles. The highest BCUT2D eigenvalue weighted by Gasteiger charge is 2.40. The lowest BCUT2D eigenvalue weighted by atomic mass is 9.82. The van der Waals surface area contributed by atoms with E-state index in [-0.39, 0.29) is 17.2 Å². The molecule has 3 nitrogen and oxygen atoms in total. The van der Waals surface area contributed by atoms with Gasteiger partial charge in [-0.2, -0.15) is 0 Å². The van der Waals surface area contributed by atoms with Gasteiger partial charge in [0.15, 0.2) is 0 Å². The Bertz CT molecular complexity index is 475. The highest BCUT2D eigenvalue weighted by Crippen LogP contribution is 2.43. The van der Waals surface area contributed by atoms with Crippen molar-refractivity contribution in [1.29, 1.82) is 0 Å². The maximum atomic E-state index is 6.30. The molecule has 1 aliphatic rings. The summed E-state index contributed by atoms with van der Waals surface area (Å²) in [7, 11) is 1.73. The third kappa shape index (κ3) is 3.30. The first-order valence-electron chi connectivity index (χ1n) is 6.54. The van der Waals surface area contributed by atoms with Crippen LogP contribution in [0, 0.1) is 0 Å². The van der Waals surface area contributed by atoms with E-state index >= 15 is 0 Å². The van der Waals surface area contributed by atoms with Crippen LogP contribution in [-0.2, 0) is 4.74 Å². The van der Waals surface area contributed by atoms with Crippen molar-refractivity contribution in [3.63, 3.8) is 0 Å². The standard InChI is InChI=1S/C15H22BrNO2/c1-14(2,18-4)9-15(3)8-12(17)11-6-5-10(16)7-13(11)19-15/h5-7,12H,8-9,17H2,1-4H3/t12-,15?/m1/s1. The first-order chi connectivity index (χ1) is 8.75. The second kappa shape index (κ2) is 5.08. The molecule has 0 aliphatic carbocycles. The summed E-state index contributed by atoms with van der Waals surface area (Å²) < 4.78 is 12.7. The first-order valence-corrected chi connectivity index (χ1v) is 7.33. The lowest BCUT2D eigenvalue weighted by Crippen LogP contribution is -2.45. The zero-order valence-electron chi connectivity index (χ0n) is 12.0. The molecule has 0 saturated carbocycles. The molecule has 1 aromatic carbocycles. The summed E-state index contributed by atoms with van der Waals surface area (Å²) in [4.78, 5) is 0. The normalized spacial score (nSPS) is 26.7. The maximum Gasteiger partial charge on any atom is 0.126 e.